The molecule has 0 spiro atoms. The Bertz CT molecular complexity index is 568. The molecule has 0 fully saturated rings. The van der Waals surface area contributed by atoms with E-state index in [0.29, 0.717) is 25.6 Å². The molecule has 0 saturated heterocycles. The molecule has 6 heteroatoms. The smallest absolute Gasteiger partial charge is 0.265 e. The summed E-state index contributed by atoms with van der Waals surface area (Å²) in [5.41, 5.74) is 6.64. The van der Waals surface area contributed by atoms with Gasteiger partial charge in [0.25, 0.3) is 5.91 Å². The molecule has 17 heavy (non-hydrogen) atoms. The molecule has 0 atom stereocenters. The van der Waals surface area contributed by atoms with Gasteiger partial charge in [-0.3, -0.25) is 4.79 Å². The molecule has 0 aliphatic rings. The molecule has 1 aromatic heterocycles. The van der Waals surface area contributed by atoms with Crippen molar-refractivity contribution in [3.63, 3.8) is 0 Å². The quantitative estimate of drug-likeness (QED) is 0.823. The van der Waals surface area contributed by atoms with Gasteiger partial charge in [0.15, 0.2) is 0 Å². The first-order valence-corrected chi connectivity index (χ1v) is 6.25. The van der Waals surface area contributed by atoms with Crippen molar-refractivity contribution in [1.82, 2.24) is 0 Å². The molecule has 1 aromatic carbocycles. The Morgan fingerprint density at radius 2 is 2.00 bits per heavy atom. The van der Waals surface area contributed by atoms with E-state index in [1.54, 1.807) is 30.3 Å². The average molecular weight is 287 g/mol. The van der Waals surface area contributed by atoms with Crippen LogP contribution in [0.1, 0.15) is 9.67 Å². The number of anilines is 2. The molecule has 1 amide bonds. The molecular weight excluding hydrogens is 279 g/mol. The van der Waals surface area contributed by atoms with Crippen molar-refractivity contribution < 1.29 is 4.79 Å². The molecule has 2 aromatic rings. The minimum Gasteiger partial charge on any atom is -0.399 e. The predicted molar refractivity (Wildman–Crippen MR) is 73.1 cm³/mol. The summed E-state index contributed by atoms with van der Waals surface area (Å²) < 4.78 is 0.564. The highest BCUT2D eigenvalue weighted by molar-refractivity contribution is 7.18. The summed E-state index contributed by atoms with van der Waals surface area (Å²) in [5.74, 6) is -0.255. The lowest BCUT2D eigenvalue weighted by atomic mass is 10.2. The Hall–Kier alpha value is -1.23. The maximum atomic E-state index is 11.8. The van der Waals surface area contributed by atoms with E-state index in [-0.39, 0.29) is 5.91 Å². The Labute approximate surface area is 112 Å². The number of nitrogens with two attached hydrogens (primary N) is 1. The Balaban J connectivity index is 2.21. The van der Waals surface area contributed by atoms with Gasteiger partial charge in [0.2, 0.25) is 0 Å². The lowest BCUT2D eigenvalue weighted by Crippen LogP contribution is -2.10. The fourth-order valence-corrected chi connectivity index (χ4v) is 2.36. The second kappa shape index (κ2) is 4.96. The third-order valence-corrected chi connectivity index (χ3v) is 3.60. The van der Waals surface area contributed by atoms with E-state index in [2.05, 4.69) is 5.32 Å². The SMILES string of the molecule is Nc1ccc(Cl)c(NC(=O)c2ccc(Cl)s2)c1. The van der Waals surface area contributed by atoms with Crippen molar-refractivity contribution in [3.05, 3.63) is 44.6 Å². The maximum Gasteiger partial charge on any atom is 0.265 e. The van der Waals surface area contributed by atoms with Crippen LogP contribution in [0.5, 0.6) is 0 Å². The zero-order valence-electron chi connectivity index (χ0n) is 8.54. The van der Waals surface area contributed by atoms with E-state index in [1.165, 1.54) is 11.3 Å². The second-order valence-corrected chi connectivity index (χ2v) is 5.42. The van der Waals surface area contributed by atoms with Crippen molar-refractivity contribution in [2.24, 2.45) is 0 Å². The highest BCUT2D eigenvalue weighted by Crippen LogP contribution is 2.26. The first-order chi connectivity index (χ1) is 8.06. The van der Waals surface area contributed by atoms with Crippen LogP contribution in [0.4, 0.5) is 11.4 Å². The summed E-state index contributed by atoms with van der Waals surface area (Å²) in [5, 5.41) is 3.12. The number of thiophene rings is 1. The normalized spacial score (nSPS) is 10.2. The van der Waals surface area contributed by atoms with Crippen LogP contribution in [0.2, 0.25) is 9.36 Å². The van der Waals surface area contributed by atoms with Crippen molar-refractivity contribution in [2.45, 2.75) is 0 Å². The van der Waals surface area contributed by atoms with Crippen LogP contribution in [0.25, 0.3) is 0 Å². The molecular formula is C11H8Cl2N2OS. The summed E-state index contributed by atoms with van der Waals surface area (Å²) >= 11 is 12.9. The molecule has 88 valence electrons. The minimum atomic E-state index is -0.255. The van der Waals surface area contributed by atoms with Gasteiger partial charge in [0, 0.05) is 5.69 Å². The molecule has 0 unspecified atom stereocenters. The number of nitrogen functional groups attached to an aromatic ring is 1. The molecule has 0 saturated carbocycles. The first-order valence-electron chi connectivity index (χ1n) is 4.68. The van der Waals surface area contributed by atoms with Gasteiger partial charge >= 0.3 is 0 Å². The first kappa shape index (κ1) is 12.2. The van der Waals surface area contributed by atoms with Crippen molar-refractivity contribution in [2.75, 3.05) is 11.1 Å². The van der Waals surface area contributed by atoms with E-state index in [1.807, 2.05) is 0 Å². The largest absolute Gasteiger partial charge is 0.399 e. The zero-order valence-corrected chi connectivity index (χ0v) is 10.9. The van der Waals surface area contributed by atoms with Crippen LogP contribution in [0.15, 0.2) is 30.3 Å². The fraction of sp³-hybridized carbons (Fsp3) is 0. The molecule has 2 rings (SSSR count). The summed E-state index contributed by atoms with van der Waals surface area (Å²) in [6, 6.07) is 8.23. The summed E-state index contributed by atoms with van der Waals surface area (Å²) in [6.07, 6.45) is 0. The maximum absolute atomic E-state index is 11.8. The summed E-state index contributed by atoms with van der Waals surface area (Å²) in [4.78, 5) is 12.4. The lowest BCUT2D eigenvalue weighted by Gasteiger charge is -2.06. The number of nitrogens with one attached hydrogen (secondary N) is 1. The molecule has 3 N–H and O–H groups in total. The van der Waals surface area contributed by atoms with Crippen molar-refractivity contribution >= 4 is 51.8 Å². The molecule has 0 radical (unpaired) electrons. The van der Waals surface area contributed by atoms with E-state index in [0.717, 1.165) is 0 Å². The number of carbonyl (C=O) groups is 1. The zero-order chi connectivity index (χ0) is 12.4. The van der Waals surface area contributed by atoms with Crippen LogP contribution in [0.3, 0.4) is 0 Å². The van der Waals surface area contributed by atoms with Crippen molar-refractivity contribution in [1.29, 1.82) is 0 Å². The van der Waals surface area contributed by atoms with Crippen LogP contribution >= 0.6 is 34.5 Å². The van der Waals surface area contributed by atoms with Gasteiger partial charge in [-0.15, -0.1) is 11.3 Å². The minimum absolute atomic E-state index is 0.255. The van der Waals surface area contributed by atoms with Crippen LogP contribution in [0, 0.1) is 0 Å². The number of rotatable bonds is 2. The molecule has 0 aliphatic heterocycles. The number of amides is 1. The van der Waals surface area contributed by atoms with E-state index in [9.17, 15) is 4.79 Å². The van der Waals surface area contributed by atoms with Gasteiger partial charge in [0.05, 0.1) is 19.9 Å². The van der Waals surface area contributed by atoms with E-state index in [4.69, 9.17) is 28.9 Å². The number of hydrogen-bond donors (Lipinski definition) is 2. The summed E-state index contributed by atoms with van der Waals surface area (Å²) in [7, 11) is 0. The van der Waals surface area contributed by atoms with Gasteiger partial charge in [-0.1, -0.05) is 23.2 Å². The number of hydrogen-bond acceptors (Lipinski definition) is 3. The monoisotopic (exact) mass is 286 g/mol. The topological polar surface area (TPSA) is 55.1 Å². The summed E-state index contributed by atoms with van der Waals surface area (Å²) in [6.45, 7) is 0. The van der Waals surface area contributed by atoms with E-state index >= 15 is 0 Å². The number of carbonyl (C=O) groups excluding carboxylic acids is 1. The third kappa shape index (κ3) is 2.91. The van der Waals surface area contributed by atoms with Gasteiger partial charge in [0.1, 0.15) is 0 Å². The standard InChI is InChI=1S/C11H8Cl2N2OS/c12-7-2-1-6(14)5-8(7)15-11(16)9-3-4-10(13)17-9/h1-5H,14H2,(H,15,16). The van der Waals surface area contributed by atoms with Gasteiger partial charge < -0.3 is 11.1 Å². The van der Waals surface area contributed by atoms with Crippen LogP contribution in [-0.2, 0) is 0 Å². The predicted octanol–water partition coefficient (Wildman–Crippen LogP) is 3.89. The number of benzene rings is 1. The Kier molecular flexibility index (Phi) is 3.57. The highest BCUT2D eigenvalue weighted by atomic mass is 35.5. The van der Waals surface area contributed by atoms with Crippen LogP contribution < -0.4 is 11.1 Å². The lowest BCUT2D eigenvalue weighted by molar-refractivity contribution is 0.103. The van der Waals surface area contributed by atoms with Gasteiger partial charge in [-0.05, 0) is 30.3 Å². The molecule has 0 aliphatic carbocycles. The van der Waals surface area contributed by atoms with E-state index < -0.39 is 0 Å². The Morgan fingerprint density at radius 1 is 1.24 bits per heavy atom. The highest BCUT2D eigenvalue weighted by Gasteiger charge is 2.10. The van der Waals surface area contributed by atoms with Gasteiger partial charge in [-0.2, -0.15) is 0 Å². The molecule has 1 heterocycles. The molecule has 0 bridgehead atoms. The van der Waals surface area contributed by atoms with Gasteiger partial charge in [-0.25, -0.2) is 0 Å². The third-order valence-electron chi connectivity index (χ3n) is 2.04. The number of halogens is 2. The Morgan fingerprint density at radius 3 is 2.65 bits per heavy atom. The fourth-order valence-electron chi connectivity index (χ4n) is 1.26. The molecule has 3 nitrogen and oxygen atoms in total. The second-order valence-electron chi connectivity index (χ2n) is 3.30. The van der Waals surface area contributed by atoms with Crippen molar-refractivity contribution in [3.8, 4) is 0 Å². The average Bonchev–Trinajstić information content (AvgIpc) is 2.70. The van der Waals surface area contributed by atoms with Crippen LogP contribution in [-0.4, -0.2) is 5.91 Å².